The molecule has 0 aliphatic heterocycles. The Kier molecular flexibility index (Phi) is 3.90. The van der Waals surface area contributed by atoms with Gasteiger partial charge in [-0.3, -0.25) is 0 Å². The van der Waals surface area contributed by atoms with Crippen molar-refractivity contribution in [2.45, 2.75) is 24.0 Å². The van der Waals surface area contributed by atoms with Crippen LogP contribution in [0.3, 0.4) is 0 Å². The molecule has 0 saturated heterocycles. The monoisotopic (exact) mass is 326 g/mol. The van der Waals surface area contributed by atoms with Gasteiger partial charge in [0, 0.05) is 19.6 Å². The molecule has 0 heterocycles. The molecule has 0 aromatic heterocycles. The lowest BCUT2D eigenvalue weighted by Crippen LogP contribution is -2.52. The minimum absolute atomic E-state index is 0.0120. The van der Waals surface area contributed by atoms with Crippen molar-refractivity contribution in [3.63, 3.8) is 0 Å². The van der Waals surface area contributed by atoms with E-state index in [-0.39, 0.29) is 27.8 Å². The first-order chi connectivity index (χ1) is 8.02. The Morgan fingerprint density at radius 2 is 2.12 bits per heavy atom. The van der Waals surface area contributed by atoms with E-state index in [9.17, 15) is 8.78 Å². The van der Waals surface area contributed by atoms with E-state index in [0.717, 1.165) is 12.1 Å². The normalized spacial score (nSPS) is 27.7. The maximum absolute atomic E-state index is 13.5. The zero-order valence-electron chi connectivity index (χ0n) is 8.92. The van der Waals surface area contributed by atoms with Crippen LogP contribution in [0.5, 0.6) is 5.75 Å². The van der Waals surface area contributed by atoms with E-state index in [0.29, 0.717) is 6.42 Å². The SMILES string of the molecule is COC1C(Cl)CC1Oc1c(F)cc(F)cc1Br. The van der Waals surface area contributed by atoms with Crippen LogP contribution in [0.1, 0.15) is 6.42 Å². The van der Waals surface area contributed by atoms with Crippen molar-refractivity contribution in [2.75, 3.05) is 7.11 Å². The second kappa shape index (κ2) is 5.08. The summed E-state index contributed by atoms with van der Waals surface area (Å²) in [4.78, 5) is 0. The van der Waals surface area contributed by atoms with E-state index in [1.807, 2.05) is 0 Å². The molecule has 94 valence electrons. The third-order valence-corrected chi connectivity index (χ3v) is 3.70. The Bertz CT molecular complexity index is 407. The van der Waals surface area contributed by atoms with E-state index in [1.54, 1.807) is 0 Å². The third-order valence-electron chi connectivity index (χ3n) is 2.68. The van der Waals surface area contributed by atoms with Crippen LogP contribution in [0.15, 0.2) is 16.6 Å². The molecule has 3 unspecified atom stereocenters. The molecule has 1 aliphatic rings. The average molecular weight is 328 g/mol. The van der Waals surface area contributed by atoms with Crippen LogP contribution in [0.4, 0.5) is 8.78 Å². The standard InChI is InChI=1S/C11H10BrClF2O2/c1-16-11-7(13)4-9(11)17-10-6(12)2-5(14)3-8(10)15/h2-3,7,9,11H,4H2,1H3. The summed E-state index contributed by atoms with van der Waals surface area (Å²) in [7, 11) is 1.52. The highest BCUT2D eigenvalue weighted by Gasteiger charge is 2.42. The summed E-state index contributed by atoms with van der Waals surface area (Å²) in [5, 5.41) is -0.132. The summed E-state index contributed by atoms with van der Waals surface area (Å²) >= 11 is 8.97. The largest absolute Gasteiger partial charge is 0.483 e. The van der Waals surface area contributed by atoms with Gasteiger partial charge in [-0.2, -0.15) is 0 Å². The molecule has 0 bridgehead atoms. The van der Waals surface area contributed by atoms with Crippen LogP contribution >= 0.6 is 27.5 Å². The molecule has 1 fully saturated rings. The molecule has 0 amide bonds. The predicted octanol–water partition coefficient (Wildman–Crippen LogP) is 3.50. The molecule has 1 aliphatic carbocycles. The number of methoxy groups -OCH3 is 1. The number of hydrogen-bond donors (Lipinski definition) is 0. The second-order valence-corrected chi connectivity index (χ2v) is 5.22. The summed E-state index contributed by atoms with van der Waals surface area (Å²) in [6.07, 6.45) is -0.00432. The molecule has 17 heavy (non-hydrogen) atoms. The van der Waals surface area contributed by atoms with Crippen LogP contribution in [-0.4, -0.2) is 24.7 Å². The number of benzene rings is 1. The quantitative estimate of drug-likeness (QED) is 0.791. The third kappa shape index (κ3) is 2.56. The molecule has 6 heteroatoms. The van der Waals surface area contributed by atoms with Crippen LogP contribution in [0.2, 0.25) is 0 Å². The minimum atomic E-state index is -0.746. The summed E-state index contributed by atoms with van der Waals surface area (Å²) < 4.78 is 37.2. The molecule has 0 spiro atoms. The van der Waals surface area contributed by atoms with Gasteiger partial charge in [0.2, 0.25) is 0 Å². The van der Waals surface area contributed by atoms with Gasteiger partial charge >= 0.3 is 0 Å². The smallest absolute Gasteiger partial charge is 0.169 e. The summed E-state index contributed by atoms with van der Waals surface area (Å²) in [5.41, 5.74) is 0. The van der Waals surface area contributed by atoms with Gasteiger partial charge in [0.25, 0.3) is 0 Å². The number of rotatable bonds is 3. The fourth-order valence-corrected chi connectivity index (χ4v) is 2.68. The van der Waals surface area contributed by atoms with Crippen molar-refractivity contribution < 1.29 is 18.3 Å². The Morgan fingerprint density at radius 3 is 2.65 bits per heavy atom. The fraction of sp³-hybridized carbons (Fsp3) is 0.455. The highest BCUT2D eigenvalue weighted by atomic mass is 79.9. The maximum atomic E-state index is 13.5. The van der Waals surface area contributed by atoms with Crippen LogP contribution in [0.25, 0.3) is 0 Å². The lowest BCUT2D eigenvalue weighted by atomic mass is 9.91. The molecular weight excluding hydrogens is 317 g/mol. The maximum Gasteiger partial charge on any atom is 0.169 e. The molecule has 2 nitrogen and oxygen atoms in total. The fourth-order valence-electron chi connectivity index (χ4n) is 1.73. The van der Waals surface area contributed by atoms with Crippen LogP contribution in [0, 0.1) is 11.6 Å². The lowest BCUT2D eigenvalue weighted by molar-refractivity contribution is -0.0599. The van der Waals surface area contributed by atoms with Gasteiger partial charge in [-0.1, -0.05) is 0 Å². The van der Waals surface area contributed by atoms with E-state index < -0.39 is 11.6 Å². The van der Waals surface area contributed by atoms with Crippen molar-refractivity contribution in [1.82, 2.24) is 0 Å². The Hall–Kier alpha value is -0.390. The number of alkyl halides is 1. The van der Waals surface area contributed by atoms with Crippen LogP contribution < -0.4 is 4.74 Å². The Balaban J connectivity index is 2.14. The van der Waals surface area contributed by atoms with E-state index in [4.69, 9.17) is 21.1 Å². The van der Waals surface area contributed by atoms with E-state index in [1.165, 1.54) is 7.11 Å². The molecule has 3 atom stereocenters. The zero-order valence-corrected chi connectivity index (χ0v) is 11.3. The minimum Gasteiger partial charge on any atom is -0.483 e. The molecule has 0 N–H and O–H groups in total. The van der Waals surface area contributed by atoms with Gasteiger partial charge in [-0.25, -0.2) is 8.78 Å². The molecule has 2 rings (SSSR count). The van der Waals surface area contributed by atoms with Crippen molar-refractivity contribution in [3.05, 3.63) is 28.2 Å². The Labute approximate surface area is 111 Å². The van der Waals surface area contributed by atoms with Gasteiger partial charge in [-0.05, 0) is 22.0 Å². The summed E-state index contributed by atoms with van der Waals surface area (Å²) in [6, 6.07) is 1.93. The summed E-state index contributed by atoms with van der Waals surface area (Å²) in [6.45, 7) is 0. The lowest BCUT2D eigenvalue weighted by Gasteiger charge is -2.39. The first-order valence-corrected chi connectivity index (χ1v) is 6.24. The van der Waals surface area contributed by atoms with Gasteiger partial charge in [-0.15, -0.1) is 11.6 Å². The van der Waals surface area contributed by atoms with Crippen molar-refractivity contribution in [2.24, 2.45) is 0 Å². The van der Waals surface area contributed by atoms with Gasteiger partial charge in [0.1, 0.15) is 18.0 Å². The molecular formula is C11H10BrClF2O2. The first kappa shape index (κ1) is 13.1. The average Bonchev–Trinajstić information content (AvgIpc) is 2.21. The molecule has 0 radical (unpaired) electrons. The molecule has 1 aromatic carbocycles. The highest BCUT2D eigenvalue weighted by molar-refractivity contribution is 9.10. The van der Waals surface area contributed by atoms with Crippen molar-refractivity contribution in [3.8, 4) is 5.75 Å². The van der Waals surface area contributed by atoms with Gasteiger partial charge < -0.3 is 9.47 Å². The number of halogens is 4. The van der Waals surface area contributed by atoms with Crippen molar-refractivity contribution >= 4 is 27.5 Å². The highest BCUT2D eigenvalue weighted by Crippen LogP contribution is 2.36. The number of ether oxygens (including phenoxy) is 2. The zero-order chi connectivity index (χ0) is 12.6. The van der Waals surface area contributed by atoms with E-state index in [2.05, 4.69) is 15.9 Å². The predicted molar refractivity (Wildman–Crippen MR) is 63.5 cm³/mol. The van der Waals surface area contributed by atoms with Crippen molar-refractivity contribution in [1.29, 1.82) is 0 Å². The van der Waals surface area contributed by atoms with E-state index >= 15 is 0 Å². The van der Waals surface area contributed by atoms with Crippen LogP contribution in [-0.2, 0) is 4.74 Å². The van der Waals surface area contributed by atoms with Gasteiger partial charge in [0.05, 0.1) is 9.85 Å². The molecule has 1 saturated carbocycles. The molecule has 1 aromatic rings. The Morgan fingerprint density at radius 1 is 1.41 bits per heavy atom. The summed E-state index contributed by atoms with van der Waals surface area (Å²) in [5.74, 6) is -1.42. The first-order valence-electron chi connectivity index (χ1n) is 5.01. The number of hydrogen-bond acceptors (Lipinski definition) is 2. The second-order valence-electron chi connectivity index (χ2n) is 3.81. The van der Waals surface area contributed by atoms with Gasteiger partial charge in [0.15, 0.2) is 11.6 Å². The topological polar surface area (TPSA) is 18.5 Å².